The van der Waals surface area contributed by atoms with Crippen molar-refractivity contribution in [1.82, 2.24) is 14.8 Å². The topological polar surface area (TPSA) is 74.8 Å². The highest BCUT2D eigenvalue weighted by Crippen LogP contribution is 2.21. The molecule has 2 saturated heterocycles. The number of cyclic esters (lactones) is 1. The van der Waals surface area contributed by atoms with E-state index < -0.39 is 0 Å². The zero-order valence-corrected chi connectivity index (χ0v) is 14.4. The van der Waals surface area contributed by atoms with Crippen LogP contribution in [0.1, 0.15) is 37.6 Å². The zero-order valence-electron chi connectivity index (χ0n) is 14.4. The Morgan fingerprint density at radius 1 is 1.33 bits per heavy atom. The number of aromatic nitrogens is 1. The summed E-state index contributed by atoms with van der Waals surface area (Å²) in [7, 11) is 0. The van der Waals surface area contributed by atoms with Gasteiger partial charge in [-0.3, -0.25) is 9.69 Å². The Bertz CT molecular complexity index is 624. The standard InChI is InChI=1S/C17H24N4O3/c1-17(2,3)19-14-5-4-12(10-18-14)15(22)20-7-6-13(11-20)21-8-9-24-16(21)23/h4-5,10,13H,6-9,11H2,1-3H3,(H,18,19)/t13-/m0/s1. The van der Waals surface area contributed by atoms with E-state index in [0.717, 1.165) is 12.2 Å². The molecule has 0 saturated carbocycles. The minimum Gasteiger partial charge on any atom is -0.448 e. The van der Waals surface area contributed by atoms with Gasteiger partial charge in [-0.05, 0) is 39.3 Å². The molecule has 3 heterocycles. The van der Waals surface area contributed by atoms with Gasteiger partial charge < -0.3 is 15.0 Å². The van der Waals surface area contributed by atoms with E-state index in [2.05, 4.69) is 31.1 Å². The molecular formula is C17H24N4O3. The second kappa shape index (κ2) is 6.30. The summed E-state index contributed by atoms with van der Waals surface area (Å²) in [5.41, 5.74) is 0.490. The second-order valence-corrected chi connectivity index (χ2v) is 7.31. The number of anilines is 1. The molecule has 24 heavy (non-hydrogen) atoms. The zero-order chi connectivity index (χ0) is 17.3. The number of pyridine rings is 1. The fourth-order valence-corrected chi connectivity index (χ4v) is 3.08. The summed E-state index contributed by atoms with van der Waals surface area (Å²) < 4.78 is 4.98. The SMILES string of the molecule is CC(C)(C)Nc1ccc(C(=O)N2CC[C@H](N3CCOC3=O)C2)cn1. The number of amides is 2. The van der Waals surface area contributed by atoms with Gasteiger partial charge in [0, 0.05) is 24.8 Å². The number of carbonyl (C=O) groups excluding carboxylic acids is 2. The molecule has 1 N–H and O–H groups in total. The molecule has 2 amide bonds. The fraction of sp³-hybridized carbons (Fsp3) is 0.588. The molecule has 0 spiro atoms. The molecule has 0 aromatic carbocycles. The highest BCUT2D eigenvalue weighted by molar-refractivity contribution is 5.94. The number of ether oxygens (including phenoxy) is 1. The molecule has 2 fully saturated rings. The van der Waals surface area contributed by atoms with E-state index in [-0.39, 0.29) is 23.6 Å². The van der Waals surface area contributed by atoms with E-state index in [1.165, 1.54) is 0 Å². The van der Waals surface area contributed by atoms with Gasteiger partial charge in [-0.25, -0.2) is 9.78 Å². The van der Waals surface area contributed by atoms with Gasteiger partial charge in [0.15, 0.2) is 0 Å². The van der Waals surface area contributed by atoms with Crippen molar-refractivity contribution in [2.75, 3.05) is 31.6 Å². The molecule has 7 nitrogen and oxygen atoms in total. The van der Waals surface area contributed by atoms with Crippen LogP contribution in [0.5, 0.6) is 0 Å². The average molecular weight is 332 g/mol. The number of hydrogen-bond acceptors (Lipinski definition) is 5. The lowest BCUT2D eigenvalue weighted by molar-refractivity contribution is 0.0779. The van der Waals surface area contributed by atoms with Crippen molar-refractivity contribution in [2.45, 2.75) is 38.8 Å². The summed E-state index contributed by atoms with van der Waals surface area (Å²) in [6, 6.07) is 3.67. The molecule has 3 rings (SSSR count). The molecule has 0 bridgehead atoms. The molecule has 0 aliphatic carbocycles. The van der Waals surface area contributed by atoms with Crippen LogP contribution in [0.2, 0.25) is 0 Å². The molecule has 0 unspecified atom stereocenters. The molecule has 1 aromatic rings. The van der Waals surface area contributed by atoms with Gasteiger partial charge >= 0.3 is 6.09 Å². The normalized spacial score (nSPS) is 21.1. The Morgan fingerprint density at radius 3 is 2.71 bits per heavy atom. The van der Waals surface area contributed by atoms with E-state index in [0.29, 0.717) is 31.8 Å². The minimum absolute atomic E-state index is 0.0418. The molecule has 0 radical (unpaired) electrons. The van der Waals surface area contributed by atoms with Crippen LogP contribution in [0, 0.1) is 0 Å². The van der Waals surface area contributed by atoms with Gasteiger partial charge in [-0.15, -0.1) is 0 Å². The summed E-state index contributed by atoms with van der Waals surface area (Å²) in [6.07, 6.45) is 2.12. The van der Waals surface area contributed by atoms with E-state index in [1.807, 2.05) is 6.07 Å². The highest BCUT2D eigenvalue weighted by Gasteiger charge is 2.36. The van der Waals surface area contributed by atoms with Crippen LogP contribution in [-0.4, -0.2) is 64.6 Å². The number of hydrogen-bond donors (Lipinski definition) is 1. The number of carbonyl (C=O) groups is 2. The summed E-state index contributed by atoms with van der Waals surface area (Å²) in [5, 5.41) is 3.27. The van der Waals surface area contributed by atoms with Gasteiger partial charge in [-0.1, -0.05) is 0 Å². The summed E-state index contributed by atoms with van der Waals surface area (Å²) >= 11 is 0. The maximum atomic E-state index is 12.6. The lowest BCUT2D eigenvalue weighted by Crippen LogP contribution is -2.39. The summed E-state index contributed by atoms with van der Waals surface area (Å²) in [4.78, 5) is 32.1. The lowest BCUT2D eigenvalue weighted by atomic mass is 10.1. The molecule has 2 aliphatic rings. The Balaban J connectivity index is 1.61. The van der Waals surface area contributed by atoms with E-state index in [1.54, 1.807) is 22.1 Å². The average Bonchev–Trinajstić information content (AvgIpc) is 3.14. The number of nitrogens with zero attached hydrogens (tertiary/aromatic N) is 3. The quantitative estimate of drug-likeness (QED) is 0.916. The smallest absolute Gasteiger partial charge is 0.410 e. The maximum absolute atomic E-state index is 12.6. The van der Waals surface area contributed by atoms with Crippen LogP contribution in [0.3, 0.4) is 0 Å². The van der Waals surface area contributed by atoms with Gasteiger partial charge in [-0.2, -0.15) is 0 Å². The third-order valence-electron chi connectivity index (χ3n) is 4.20. The van der Waals surface area contributed by atoms with Crippen LogP contribution < -0.4 is 5.32 Å². The van der Waals surface area contributed by atoms with Crippen LogP contribution in [0.25, 0.3) is 0 Å². The largest absolute Gasteiger partial charge is 0.448 e. The Morgan fingerprint density at radius 2 is 2.12 bits per heavy atom. The maximum Gasteiger partial charge on any atom is 0.410 e. The first-order valence-electron chi connectivity index (χ1n) is 8.30. The van der Waals surface area contributed by atoms with Crippen LogP contribution in [0.4, 0.5) is 10.6 Å². The van der Waals surface area contributed by atoms with Crippen LogP contribution >= 0.6 is 0 Å². The Hall–Kier alpha value is -2.31. The highest BCUT2D eigenvalue weighted by atomic mass is 16.6. The molecule has 130 valence electrons. The predicted octanol–water partition coefficient (Wildman–Crippen LogP) is 1.96. The van der Waals surface area contributed by atoms with Crippen LogP contribution in [-0.2, 0) is 4.74 Å². The molecular weight excluding hydrogens is 308 g/mol. The third-order valence-corrected chi connectivity index (χ3v) is 4.20. The van der Waals surface area contributed by atoms with Crippen molar-refractivity contribution in [3.8, 4) is 0 Å². The first kappa shape index (κ1) is 16.5. The molecule has 1 atom stereocenters. The minimum atomic E-state index is -0.270. The second-order valence-electron chi connectivity index (χ2n) is 7.31. The van der Waals surface area contributed by atoms with Crippen molar-refractivity contribution in [3.05, 3.63) is 23.9 Å². The summed E-state index contributed by atoms with van der Waals surface area (Å²) in [6.45, 7) is 8.42. The molecule has 1 aromatic heterocycles. The van der Waals surface area contributed by atoms with Crippen molar-refractivity contribution >= 4 is 17.8 Å². The predicted molar refractivity (Wildman–Crippen MR) is 90.0 cm³/mol. The van der Waals surface area contributed by atoms with Crippen molar-refractivity contribution in [1.29, 1.82) is 0 Å². The van der Waals surface area contributed by atoms with Crippen LogP contribution in [0.15, 0.2) is 18.3 Å². The first-order valence-corrected chi connectivity index (χ1v) is 8.30. The fourth-order valence-electron chi connectivity index (χ4n) is 3.08. The Labute approximate surface area is 142 Å². The number of likely N-dealkylation sites (tertiary alicyclic amines) is 1. The van der Waals surface area contributed by atoms with Gasteiger partial charge in [0.05, 0.1) is 18.2 Å². The van der Waals surface area contributed by atoms with Gasteiger partial charge in [0.2, 0.25) is 0 Å². The number of nitrogens with one attached hydrogen (secondary N) is 1. The van der Waals surface area contributed by atoms with E-state index in [9.17, 15) is 9.59 Å². The summed E-state index contributed by atoms with van der Waals surface area (Å²) in [5.74, 6) is 0.707. The van der Waals surface area contributed by atoms with E-state index in [4.69, 9.17) is 4.74 Å². The van der Waals surface area contributed by atoms with Gasteiger partial charge in [0.25, 0.3) is 5.91 Å². The van der Waals surface area contributed by atoms with E-state index >= 15 is 0 Å². The Kier molecular flexibility index (Phi) is 4.34. The van der Waals surface area contributed by atoms with Gasteiger partial charge in [0.1, 0.15) is 12.4 Å². The van der Waals surface area contributed by atoms with Crippen molar-refractivity contribution in [2.24, 2.45) is 0 Å². The number of rotatable bonds is 3. The lowest BCUT2D eigenvalue weighted by Gasteiger charge is -2.22. The first-order chi connectivity index (χ1) is 11.3. The monoisotopic (exact) mass is 332 g/mol. The van der Waals surface area contributed by atoms with Crippen molar-refractivity contribution < 1.29 is 14.3 Å². The van der Waals surface area contributed by atoms with Crippen molar-refractivity contribution in [3.63, 3.8) is 0 Å². The molecule has 2 aliphatic heterocycles. The third kappa shape index (κ3) is 3.60. The molecule has 7 heteroatoms.